The zero-order valence-corrected chi connectivity index (χ0v) is 17.6. The Morgan fingerprint density at radius 1 is 1.19 bits per heavy atom. The molecule has 1 amide bonds. The quantitative estimate of drug-likeness (QED) is 0.324. The summed E-state index contributed by atoms with van der Waals surface area (Å²) in [4.78, 5) is 28.1. The molecule has 6 nitrogen and oxygen atoms in total. The maximum absolute atomic E-state index is 12.6. The second-order valence-electron chi connectivity index (χ2n) is 7.72. The lowest BCUT2D eigenvalue weighted by atomic mass is 10.0. The Hall–Kier alpha value is -3.80. The Labute approximate surface area is 179 Å². The van der Waals surface area contributed by atoms with Gasteiger partial charge < -0.3 is 19.5 Å². The van der Waals surface area contributed by atoms with Gasteiger partial charge in [0.1, 0.15) is 17.9 Å². The van der Waals surface area contributed by atoms with Crippen molar-refractivity contribution in [2.45, 2.75) is 26.7 Å². The first-order chi connectivity index (χ1) is 14.9. The fourth-order valence-corrected chi connectivity index (χ4v) is 3.55. The van der Waals surface area contributed by atoms with Crippen LogP contribution >= 0.6 is 0 Å². The van der Waals surface area contributed by atoms with Gasteiger partial charge in [0.2, 0.25) is 5.91 Å². The smallest absolute Gasteiger partial charge is 0.339 e. The van der Waals surface area contributed by atoms with Gasteiger partial charge >= 0.3 is 5.63 Å². The first-order valence-corrected chi connectivity index (χ1v) is 10.1. The summed E-state index contributed by atoms with van der Waals surface area (Å²) in [5, 5.41) is 4.74. The largest absolute Gasteiger partial charge is 0.489 e. The highest BCUT2D eigenvalue weighted by atomic mass is 16.5. The molecule has 0 radical (unpaired) electrons. The number of amides is 1. The summed E-state index contributed by atoms with van der Waals surface area (Å²) < 4.78 is 11.1. The van der Waals surface area contributed by atoms with E-state index in [-0.39, 0.29) is 12.3 Å². The summed E-state index contributed by atoms with van der Waals surface area (Å²) in [6.07, 6.45) is 2.34. The zero-order chi connectivity index (χ0) is 22.0. The van der Waals surface area contributed by atoms with Crippen LogP contribution in [0.3, 0.4) is 0 Å². The molecule has 2 heterocycles. The summed E-state index contributed by atoms with van der Waals surface area (Å²) in [5.41, 5.74) is 4.01. The predicted molar refractivity (Wildman–Crippen MR) is 123 cm³/mol. The Balaban J connectivity index is 1.48. The summed E-state index contributed by atoms with van der Waals surface area (Å²) in [6, 6.07) is 13.0. The molecule has 0 saturated carbocycles. The number of anilines is 1. The second kappa shape index (κ2) is 8.52. The third kappa shape index (κ3) is 4.53. The highest BCUT2D eigenvalue weighted by Crippen LogP contribution is 2.25. The topological polar surface area (TPSA) is 84.3 Å². The number of hydrogen-bond acceptors (Lipinski definition) is 4. The van der Waals surface area contributed by atoms with Gasteiger partial charge in [0.25, 0.3) is 0 Å². The Bertz CT molecular complexity index is 1350. The second-order valence-corrected chi connectivity index (χ2v) is 7.72. The van der Waals surface area contributed by atoms with Crippen molar-refractivity contribution in [2.75, 3.05) is 11.9 Å². The Morgan fingerprint density at radius 3 is 2.84 bits per heavy atom. The third-order valence-corrected chi connectivity index (χ3v) is 5.18. The molecule has 0 aliphatic heterocycles. The molecule has 0 spiro atoms. The van der Waals surface area contributed by atoms with Crippen LogP contribution in [0.4, 0.5) is 5.69 Å². The van der Waals surface area contributed by atoms with Gasteiger partial charge in [-0.15, -0.1) is 0 Å². The van der Waals surface area contributed by atoms with Gasteiger partial charge in [-0.1, -0.05) is 6.58 Å². The van der Waals surface area contributed by atoms with Gasteiger partial charge in [0.05, 0.1) is 0 Å². The van der Waals surface area contributed by atoms with E-state index in [4.69, 9.17) is 9.15 Å². The van der Waals surface area contributed by atoms with E-state index in [1.807, 2.05) is 56.4 Å². The average Bonchev–Trinajstić information content (AvgIpc) is 3.19. The maximum atomic E-state index is 12.6. The standard InChI is InChI=1S/C25H24N2O4/c1-15(2)14-30-19-5-6-20-16(3)21(25(29)31-23(20)13-19)7-9-24(28)27-18-4-8-22-17(12-18)10-11-26-22/h4-6,8,10-13,26H,1,7,9,14H2,2-3H3,(H,27,28). The van der Waals surface area contributed by atoms with E-state index in [1.54, 1.807) is 6.07 Å². The number of hydrogen-bond donors (Lipinski definition) is 2. The summed E-state index contributed by atoms with van der Waals surface area (Å²) in [6.45, 7) is 7.97. The number of rotatable bonds is 7. The van der Waals surface area contributed by atoms with Crippen LogP contribution < -0.4 is 15.7 Å². The molecule has 0 saturated heterocycles. The number of aryl methyl sites for hydroxylation is 1. The minimum absolute atomic E-state index is 0.155. The molecule has 4 rings (SSSR count). The van der Waals surface area contributed by atoms with Crippen LogP contribution in [0.15, 0.2) is 70.0 Å². The van der Waals surface area contributed by atoms with Crippen LogP contribution in [-0.4, -0.2) is 17.5 Å². The molecular weight excluding hydrogens is 392 g/mol. The summed E-state index contributed by atoms with van der Waals surface area (Å²) in [7, 11) is 0. The molecule has 2 aromatic carbocycles. The number of benzene rings is 2. The zero-order valence-electron chi connectivity index (χ0n) is 17.6. The van der Waals surface area contributed by atoms with Crippen LogP contribution in [0, 0.1) is 6.92 Å². The van der Waals surface area contributed by atoms with Gasteiger partial charge in [-0.3, -0.25) is 4.79 Å². The van der Waals surface area contributed by atoms with E-state index in [9.17, 15) is 9.59 Å². The van der Waals surface area contributed by atoms with Crippen LogP contribution in [0.5, 0.6) is 5.75 Å². The fraction of sp³-hybridized carbons (Fsp3) is 0.200. The van der Waals surface area contributed by atoms with Crippen LogP contribution in [0.1, 0.15) is 24.5 Å². The van der Waals surface area contributed by atoms with Crippen molar-refractivity contribution in [3.63, 3.8) is 0 Å². The summed E-state index contributed by atoms with van der Waals surface area (Å²) >= 11 is 0. The van der Waals surface area contributed by atoms with E-state index in [2.05, 4.69) is 16.9 Å². The SMILES string of the molecule is C=C(C)COc1ccc2c(C)c(CCC(=O)Nc3ccc4[nH]ccc4c3)c(=O)oc2c1. The monoisotopic (exact) mass is 416 g/mol. The minimum Gasteiger partial charge on any atom is -0.489 e. The summed E-state index contributed by atoms with van der Waals surface area (Å²) in [5.74, 6) is 0.460. The lowest BCUT2D eigenvalue weighted by Crippen LogP contribution is -2.16. The Morgan fingerprint density at radius 2 is 2.03 bits per heavy atom. The van der Waals surface area contributed by atoms with Gasteiger partial charge in [-0.05, 0) is 67.8 Å². The molecule has 2 N–H and O–H groups in total. The molecule has 31 heavy (non-hydrogen) atoms. The van der Waals surface area contributed by atoms with Crippen molar-refractivity contribution >= 4 is 33.5 Å². The molecule has 0 unspecified atom stereocenters. The molecule has 0 aliphatic carbocycles. The lowest BCUT2D eigenvalue weighted by molar-refractivity contribution is -0.116. The minimum atomic E-state index is -0.427. The van der Waals surface area contributed by atoms with Gasteiger partial charge in [0.15, 0.2) is 0 Å². The van der Waals surface area contributed by atoms with Crippen molar-refractivity contribution in [2.24, 2.45) is 0 Å². The Kier molecular flexibility index (Phi) is 5.62. The van der Waals surface area contributed by atoms with Gasteiger partial charge in [-0.25, -0.2) is 4.79 Å². The van der Waals surface area contributed by atoms with E-state index >= 15 is 0 Å². The molecule has 4 aromatic rings. The molecule has 2 aromatic heterocycles. The van der Waals surface area contributed by atoms with Crippen molar-refractivity contribution in [1.82, 2.24) is 4.98 Å². The van der Waals surface area contributed by atoms with Gasteiger partial charge in [-0.2, -0.15) is 0 Å². The number of aromatic nitrogens is 1. The lowest BCUT2D eigenvalue weighted by Gasteiger charge is -2.10. The van der Waals surface area contributed by atoms with Crippen molar-refractivity contribution in [1.29, 1.82) is 0 Å². The number of ether oxygens (including phenoxy) is 1. The normalized spacial score (nSPS) is 11.0. The molecule has 0 fully saturated rings. The van der Waals surface area contributed by atoms with E-state index < -0.39 is 5.63 Å². The highest BCUT2D eigenvalue weighted by molar-refractivity contribution is 5.94. The molecule has 6 heteroatoms. The number of nitrogens with one attached hydrogen (secondary N) is 2. The fourth-order valence-electron chi connectivity index (χ4n) is 3.55. The number of carbonyl (C=O) groups excluding carboxylic acids is 1. The number of H-pyrrole nitrogens is 1. The molecule has 0 atom stereocenters. The predicted octanol–water partition coefficient (Wildman–Crippen LogP) is 5.11. The molecule has 158 valence electrons. The highest BCUT2D eigenvalue weighted by Gasteiger charge is 2.14. The number of fused-ring (bicyclic) bond motifs is 2. The van der Waals surface area contributed by atoms with E-state index in [0.29, 0.717) is 29.9 Å². The first kappa shape index (κ1) is 20.5. The maximum Gasteiger partial charge on any atom is 0.339 e. The molecule has 0 bridgehead atoms. The van der Waals surface area contributed by atoms with Crippen LogP contribution in [-0.2, 0) is 11.2 Å². The van der Waals surface area contributed by atoms with Crippen molar-refractivity contribution < 1.29 is 13.9 Å². The van der Waals surface area contributed by atoms with Crippen molar-refractivity contribution in [3.8, 4) is 5.75 Å². The number of carbonyl (C=O) groups is 1. The molecular formula is C25H24N2O4. The van der Waals surface area contributed by atoms with E-state index in [0.717, 1.165) is 33.1 Å². The average molecular weight is 416 g/mol. The number of aromatic amines is 1. The first-order valence-electron chi connectivity index (χ1n) is 10.1. The third-order valence-electron chi connectivity index (χ3n) is 5.18. The van der Waals surface area contributed by atoms with Crippen LogP contribution in [0.2, 0.25) is 0 Å². The van der Waals surface area contributed by atoms with Gasteiger partial charge in [0, 0.05) is 46.2 Å². The van der Waals surface area contributed by atoms with Crippen LogP contribution in [0.25, 0.3) is 21.9 Å². The van der Waals surface area contributed by atoms with Crippen molar-refractivity contribution in [3.05, 3.63) is 82.4 Å². The molecule has 0 aliphatic rings. The van der Waals surface area contributed by atoms with E-state index in [1.165, 1.54) is 0 Å².